The Kier molecular flexibility index (Phi) is 3.68. The fraction of sp³-hybridized carbons (Fsp3) is 0.474. The van der Waals surface area contributed by atoms with E-state index < -0.39 is 17.5 Å². The fourth-order valence-corrected chi connectivity index (χ4v) is 3.87. The molecular formula is C19H22O4. The summed E-state index contributed by atoms with van der Waals surface area (Å²) in [4.78, 5) is 25.5. The number of aliphatic hydroxyl groups is 2. The Morgan fingerprint density at radius 3 is 2.57 bits per heavy atom. The zero-order valence-corrected chi connectivity index (χ0v) is 13.8. The molecule has 0 bridgehead atoms. The molecule has 23 heavy (non-hydrogen) atoms. The molecule has 1 aromatic rings. The van der Waals surface area contributed by atoms with E-state index in [4.69, 9.17) is 0 Å². The van der Waals surface area contributed by atoms with Crippen molar-refractivity contribution in [2.75, 3.05) is 6.61 Å². The predicted molar refractivity (Wildman–Crippen MR) is 87.0 cm³/mol. The van der Waals surface area contributed by atoms with Gasteiger partial charge in [-0.3, -0.25) is 9.59 Å². The van der Waals surface area contributed by atoms with E-state index in [-0.39, 0.29) is 23.4 Å². The zero-order chi connectivity index (χ0) is 16.9. The summed E-state index contributed by atoms with van der Waals surface area (Å²) in [6.07, 6.45) is 2.75. The second kappa shape index (κ2) is 5.31. The number of fused-ring (bicyclic) bond motifs is 3. The molecule has 4 heteroatoms. The molecule has 2 aliphatic rings. The van der Waals surface area contributed by atoms with Crippen LogP contribution in [0.2, 0.25) is 0 Å². The fourth-order valence-electron chi connectivity index (χ4n) is 3.87. The van der Waals surface area contributed by atoms with Gasteiger partial charge in [0.15, 0.2) is 11.5 Å². The number of carbonyl (C=O) groups is 2. The number of rotatable bonds is 2. The van der Waals surface area contributed by atoms with Gasteiger partial charge < -0.3 is 10.2 Å². The Balaban J connectivity index is 2.24. The van der Waals surface area contributed by atoms with Gasteiger partial charge in [-0.2, -0.15) is 0 Å². The van der Waals surface area contributed by atoms with Crippen molar-refractivity contribution in [1.82, 2.24) is 0 Å². The monoisotopic (exact) mass is 314 g/mol. The number of ketones is 2. The lowest BCUT2D eigenvalue weighted by Crippen LogP contribution is -2.31. The molecule has 0 spiro atoms. The van der Waals surface area contributed by atoms with Crippen molar-refractivity contribution in [1.29, 1.82) is 0 Å². The number of hydrogen-bond acceptors (Lipinski definition) is 4. The van der Waals surface area contributed by atoms with E-state index in [9.17, 15) is 19.8 Å². The van der Waals surface area contributed by atoms with Crippen LogP contribution in [0.4, 0.5) is 0 Å². The van der Waals surface area contributed by atoms with Crippen LogP contribution in [0.3, 0.4) is 0 Å². The summed E-state index contributed by atoms with van der Waals surface area (Å²) in [6, 6.07) is 3.65. The van der Waals surface area contributed by atoms with E-state index in [1.807, 2.05) is 6.07 Å². The van der Waals surface area contributed by atoms with Gasteiger partial charge in [0.2, 0.25) is 5.78 Å². The molecule has 0 saturated heterocycles. The first-order valence-corrected chi connectivity index (χ1v) is 8.09. The first-order chi connectivity index (χ1) is 10.8. The molecule has 1 atom stereocenters. The topological polar surface area (TPSA) is 74.6 Å². The zero-order valence-electron chi connectivity index (χ0n) is 13.8. The van der Waals surface area contributed by atoms with Crippen molar-refractivity contribution in [2.45, 2.75) is 45.4 Å². The summed E-state index contributed by atoms with van der Waals surface area (Å²) in [5, 5.41) is 19.6. The van der Waals surface area contributed by atoms with Crippen molar-refractivity contribution in [2.24, 2.45) is 5.92 Å². The van der Waals surface area contributed by atoms with Crippen molar-refractivity contribution in [3.05, 3.63) is 45.7 Å². The minimum absolute atomic E-state index is 0.0278. The summed E-state index contributed by atoms with van der Waals surface area (Å²) < 4.78 is 0. The third-order valence-electron chi connectivity index (χ3n) is 5.22. The van der Waals surface area contributed by atoms with Crippen LogP contribution in [-0.2, 0) is 11.8 Å². The van der Waals surface area contributed by atoms with Crippen LogP contribution >= 0.6 is 0 Å². The molecule has 0 saturated carbocycles. The molecule has 1 aromatic carbocycles. The maximum absolute atomic E-state index is 12.7. The van der Waals surface area contributed by atoms with Gasteiger partial charge in [0.25, 0.3) is 0 Å². The highest BCUT2D eigenvalue weighted by atomic mass is 16.3. The lowest BCUT2D eigenvalue weighted by Gasteiger charge is -2.35. The maximum atomic E-state index is 12.7. The minimum Gasteiger partial charge on any atom is -0.504 e. The number of allylic oxidation sites excluding steroid dienone is 1. The van der Waals surface area contributed by atoms with Gasteiger partial charge in [-0.25, -0.2) is 0 Å². The van der Waals surface area contributed by atoms with Gasteiger partial charge in [0.05, 0.1) is 5.57 Å². The lowest BCUT2D eigenvalue weighted by molar-refractivity contribution is 0.0911. The summed E-state index contributed by atoms with van der Waals surface area (Å²) in [6.45, 7) is 5.62. The Morgan fingerprint density at radius 2 is 1.91 bits per heavy atom. The predicted octanol–water partition coefficient (Wildman–Crippen LogP) is 3.12. The number of Topliss-reactive ketones (excluding diaryl/α,β-unsaturated/α-hetero) is 2. The quantitative estimate of drug-likeness (QED) is 0.879. The van der Waals surface area contributed by atoms with Crippen molar-refractivity contribution in [3.8, 4) is 0 Å². The molecule has 4 nitrogen and oxygen atoms in total. The van der Waals surface area contributed by atoms with Crippen molar-refractivity contribution < 1.29 is 19.8 Å². The van der Waals surface area contributed by atoms with Crippen molar-refractivity contribution >= 4 is 11.6 Å². The number of benzene rings is 1. The van der Waals surface area contributed by atoms with Gasteiger partial charge in [0.1, 0.15) is 0 Å². The second-order valence-corrected chi connectivity index (χ2v) is 7.26. The molecule has 0 aliphatic heterocycles. The highest BCUT2D eigenvalue weighted by Gasteiger charge is 2.39. The van der Waals surface area contributed by atoms with Gasteiger partial charge in [0, 0.05) is 23.7 Å². The highest BCUT2D eigenvalue weighted by Crippen LogP contribution is 2.41. The van der Waals surface area contributed by atoms with Gasteiger partial charge in [-0.1, -0.05) is 26.8 Å². The summed E-state index contributed by atoms with van der Waals surface area (Å²) in [5.74, 6) is -1.89. The van der Waals surface area contributed by atoms with E-state index in [1.54, 1.807) is 13.0 Å². The average Bonchev–Trinajstić information content (AvgIpc) is 2.51. The van der Waals surface area contributed by atoms with Crippen LogP contribution in [-0.4, -0.2) is 28.4 Å². The summed E-state index contributed by atoms with van der Waals surface area (Å²) in [7, 11) is 0. The van der Waals surface area contributed by atoms with E-state index in [0.29, 0.717) is 11.1 Å². The normalized spacial score (nSPS) is 21.0. The molecular weight excluding hydrogens is 292 g/mol. The van der Waals surface area contributed by atoms with E-state index >= 15 is 0 Å². The van der Waals surface area contributed by atoms with E-state index in [1.165, 1.54) is 0 Å². The van der Waals surface area contributed by atoms with Crippen LogP contribution in [0, 0.1) is 5.92 Å². The highest BCUT2D eigenvalue weighted by molar-refractivity contribution is 6.26. The minimum atomic E-state index is -0.563. The first kappa shape index (κ1) is 15.9. The van der Waals surface area contributed by atoms with Crippen LogP contribution in [0.5, 0.6) is 0 Å². The smallest absolute Gasteiger partial charge is 0.228 e. The summed E-state index contributed by atoms with van der Waals surface area (Å²) in [5.41, 5.74) is 2.71. The largest absolute Gasteiger partial charge is 0.504 e. The molecule has 2 aliphatic carbocycles. The molecule has 0 radical (unpaired) electrons. The first-order valence-electron chi connectivity index (χ1n) is 8.09. The molecule has 3 rings (SSSR count). The summed E-state index contributed by atoms with van der Waals surface area (Å²) >= 11 is 0. The molecule has 0 fully saturated rings. The Bertz CT molecular complexity index is 740. The average molecular weight is 314 g/mol. The third kappa shape index (κ3) is 2.24. The molecule has 0 amide bonds. The molecule has 122 valence electrons. The van der Waals surface area contributed by atoms with Crippen LogP contribution in [0.1, 0.15) is 65.5 Å². The van der Waals surface area contributed by atoms with E-state index in [0.717, 1.165) is 30.4 Å². The SMILES string of the molecule is C[C@H](CO)C1=C(O)C(=O)c2c(ccc3c2CCCC3(C)C)C1=O. The Labute approximate surface area is 135 Å². The van der Waals surface area contributed by atoms with E-state index in [2.05, 4.69) is 13.8 Å². The Morgan fingerprint density at radius 1 is 1.22 bits per heavy atom. The number of carbonyl (C=O) groups excluding carboxylic acids is 2. The van der Waals surface area contributed by atoms with Crippen LogP contribution in [0.15, 0.2) is 23.5 Å². The Hall–Kier alpha value is -1.94. The van der Waals surface area contributed by atoms with Crippen molar-refractivity contribution in [3.63, 3.8) is 0 Å². The molecule has 0 aromatic heterocycles. The van der Waals surface area contributed by atoms with Gasteiger partial charge in [-0.05, 0) is 41.9 Å². The van der Waals surface area contributed by atoms with Gasteiger partial charge in [-0.15, -0.1) is 0 Å². The molecule has 2 N–H and O–H groups in total. The standard InChI is InChI=1S/C19H22O4/c1-10(9-20)14-16(21)12-6-7-13-11(5-4-8-19(13,2)3)15(12)18(23)17(14)22/h6-7,10,20,22H,4-5,8-9H2,1-3H3/t10-/m1/s1. The van der Waals surface area contributed by atoms with Crippen LogP contribution < -0.4 is 0 Å². The van der Waals surface area contributed by atoms with Crippen LogP contribution in [0.25, 0.3) is 0 Å². The molecule has 0 unspecified atom stereocenters. The molecule has 0 heterocycles. The number of hydrogen-bond donors (Lipinski definition) is 2. The number of aliphatic hydroxyl groups excluding tert-OH is 2. The maximum Gasteiger partial charge on any atom is 0.228 e. The van der Waals surface area contributed by atoms with Gasteiger partial charge >= 0.3 is 0 Å². The second-order valence-electron chi connectivity index (χ2n) is 7.26. The third-order valence-corrected chi connectivity index (χ3v) is 5.22. The lowest BCUT2D eigenvalue weighted by atomic mass is 9.69.